The molecule has 2 aromatic rings. The number of hydrogen-bond acceptors (Lipinski definition) is 4. The van der Waals surface area contributed by atoms with E-state index in [1.807, 2.05) is 54.6 Å². The van der Waals surface area contributed by atoms with E-state index in [1.165, 1.54) is 19.3 Å². The number of esters is 1. The van der Waals surface area contributed by atoms with E-state index < -0.39 is 6.04 Å². The molecule has 6 heteroatoms. The largest absolute Gasteiger partial charge is 0.489 e. The van der Waals surface area contributed by atoms with Crippen LogP contribution in [0.15, 0.2) is 65.9 Å². The molecule has 32 heavy (non-hydrogen) atoms. The van der Waals surface area contributed by atoms with Crippen LogP contribution in [-0.2, 0) is 16.1 Å². The molecule has 1 saturated carbocycles. The first-order chi connectivity index (χ1) is 15.6. The summed E-state index contributed by atoms with van der Waals surface area (Å²) in [6.45, 7) is 2.60. The van der Waals surface area contributed by atoms with Crippen LogP contribution in [0.2, 0.25) is 0 Å². The van der Waals surface area contributed by atoms with Crippen LogP contribution < -0.4 is 15.4 Å². The molecule has 0 bridgehead atoms. The lowest BCUT2D eigenvalue weighted by Crippen LogP contribution is -2.45. The van der Waals surface area contributed by atoms with Crippen molar-refractivity contribution in [1.82, 2.24) is 10.6 Å². The van der Waals surface area contributed by atoms with Crippen molar-refractivity contribution in [1.29, 1.82) is 0 Å². The van der Waals surface area contributed by atoms with Crippen molar-refractivity contribution in [2.75, 3.05) is 6.61 Å². The van der Waals surface area contributed by atoms with Crippen LogP contribution in [0.25, 0.3) is 0 Å². The van der Waals surface area contributed by atoms with Gasteiger partial charge in [-0.15, -0.1) is 0 Å². The summed E-state index contributed by atoms with van der Waals surface area (Å²) < 4.78 is 11.6. The van der Waals surface area contributed by atoms with Crippen LogP contribution in [0.3, 0.4) is 0 Å². The molecule has 0 spiro atoms. The summed E-state index contributed by atoms with van der Waals surface area (Å²) in [6.07, 6.45) is 5.85. The highest BCUT2D eigenvalue weighted by atomic mass is 16.5. The third-order valence-corrected chi connectivity index (χ3v) is 6.10. The third kappa shape index (κ3) is 5.49. The maximum absolute atomic E-state index is 13.0. The molecule has 168 valence electrons. The number of hydrogen-bond donors (Lipinski definition) is 2. The zero-order valence-electron chi connectivity index (χ0n) is 18.4. The Morgan fingerprint density at radius 1 is 1.03 bits per heavy atom. The molecule has 1 aliphatic heterocycles. The van der Waals surface area contributed by atoms with Gasteiger partial charge in [-0.2, -0.15) is 0 Å². The van der Waals surface area contributed by atoms with Gasteiger partial charge < -0.3 is 20.1 Å². The Balaban J connectivity index is 1.49. The number of benzene rings is 2. The lowest BCUT2D eigenvalue weighted by molar-refractivity contribution is -0.141. The van der Waals surface area contributed by atoms with Crippen molar-refractivity contribution < 1.29 is 19.1 Å². The van der Waals surface area contributed by atoms with E-state index in [-0.39, 0.29) is 12.0 Å². The van der Waals surface area contributed by atoms with Crippen molar-refractivity contribution in [3.05, 3.63) is 77.0 Å². The number of carbonyl (C=O) groups is 2. The summed E-state index contributed by atoms with van der Waals surface area (Å²) in [5.41, 5.74) is 2.79. The highest BCUT2D eigenvalue weighted by Crippen LogP contribution is 2.31. The fraction of sp³-hybridized carbons (Fsp3) is 0.385. The lowest BCUT2D eigenvalue weighted by Gasteiger charge is -2.29. The first-order valence-electron chi connectivity index (χ1n) is 11.3. The van der Waals surface area contributed by atoms with Gasteiger partial charge in [0.25, 0.3) is 0 Å². The van der Waals surface area contributed by atoms with Gasteiger partial charge in [-0.1, -0.05) is 61.7 Å². The predicted molar refractivity (Wildman–Crippen MR) is 122 cm³/mol. The molecular weight excluding hydrogens is 404 g/mol. The van der Waals surface area contributed by atoms with Gasteiger partial charge in [-0.25, -0.2) is 9.59 Å². The molecule has 0 aromatic heterocycles. The second-order valence-corrected chi connectivity index (χ2v) is 8.52. The normalized spacial score (nSPS) is 19.2. The molecule has 4 rings (SSSR count). The van der Waals surface area contributed by atoms with Crippen LogP contribution >= 0.6 is 0 Å². The number of urea groups is 1. The van der Waals surface area contributed by atoms with Gasteiger partial charge in [-0.05, 0) is 48.9 Å². The van der Waals surface area contributed by atoms with Crippen LogP contribution in [0, 0.1) is 5.92 Å². The van der Waals surface area contributed by atoms with Gasteiger partial charge in [0.1, 0.15) is 12.4 Å². The van der Waals surface area contributed by atoms with Gasteiger partial charge in [0, 0.05) is 5.70 Å². The molecule has 0 radical (unpaired) electrons. The number of ether oxygens (including phenoxy) is 2. The maximum Gasteiger partial charge on any atom is 0.338 e. The number of amides is 2. The Labute approximate surface area is 189 Å². The minimum Gasteiger partial charge on any atom is -0.489 e. The van der Waals surface area contributed by atoms with Crippen molar-refractivity contribution >= 4 is 12.0 Å². The summed E-state index contributed by atoms with van der Waals surface area (Å²) in [5, 5.41) is 5.58. The molecule has 0 saturated heterocycles. The highest BCUT2D eigenvalue weighted by molar-refractivity contribution is 5.95. The van der Waals surface area contributed by atoms with Crippen LogP contribution in [0.1, 0.15) is 56.2 Å². The van der Waals surface area contributed by atoms with Crippen LogP contribution in [0.4, 0.5) is 4.79 Å². The van der Waals surface area contributed by atoms with E-state index in [4.69, 9.17) is 9.47 Å². The topological polar surface area (TPSA) is 76.7 Å². The molecule has 1 atom stereocenters. The summed E-state index contributed by atoms with van der Waals surface area (Å²) in [4.78, 5) is 25.2. The van der Waals surface area contributed by atoms with Crippen molar-refractivity contribution in [2.24, 2.45) is 5.92 Å². The zero-order chi connectivity index (χ0) is 22.3. The van der Waals surface area contributed by atoms with E-state index in [1.54, 1.807) is 6.92 Å². The monoisotopic (exact) mass is 434 g/mol. The molecule has 2 N–H and O–H groups in total. The molecule has 1 aliphatic carbocycles. The standard InChI is InChI=1S/C26H30N2O4/c1-18-23(25(29)32-17-20-11-6-3-7-12-20)24(28-26(30)27-18)21-13-8-14-22(15-21)31-16-19-9-4-2-5-10-19/h2,4-5,8-10,13-15,20,24H,3,6-7,11-12,16-17H2,1H3,(H2,27,28,30)/t24-/m1/s1. The van der Waals surface area contributed by atoms with Gasteiger partial charge >= 0.3 is 12.0 Å². The number of allylic oxidation sites excluding steroid dienone is 1. The fourth-order valence-corrected chi connectivity index (χ4v) is 4.36. The number of carbonyl (C=O) groups excluding carboxylic acids is 2. The molecule has 2 aromatic carbocycles. The van der Waals surface area contributed by atoms with E-state index in [0.29, 0.717) is 36.2 Å². The average molecular weight is 435 g/mol. The van der Waals surface area contributed by atoms with Gasteiger partial charge in [0.2, 0.25) is 0 Å². The molecule has 1 fully saturated rings. The molecule has 0 unspecified atom stereocenters. The fourth-order valence-electron chi connectivity index (χ4n) is 4.36. The molecule has 2 aliphatic rings. The van der Waals surface area contributed by atoms with E-state index >= 15 is 0 Å². The van der Waals surface area contributed by atoms with Crippen LogP contribution in [0.5, 0.6) is 5.75 Å². The minimum atomic E-state index is -0.595. The maximum atomic E-state index is 13.0. The second kappa shape index (κ2) is 10.4. The van der Waals surface area contributed by atoms with Crippen molar-refractivity contribution in [3.63, 3.8) is 0 Å². The molecule has 6 nitrogen and oxygen atoms in total. The molecular formula is C26H30N2O4. The summed E-state index contributed by atoms with van der Waals surface area (Å²) >= 11 is 0. The van der Waals surface area contributed by atoms with E-state index in [2.05, 4.69) is 10.6 Å². The lowest BCUT2D eigenvalue weighted by atomic mass is 9.90. The minimum absolute atomic E-state index is 0.341. The Kier molecular flexibility index (Phi) is 7.10. The smallest absolute Gasteiger partial charge is 0.338 e. The van der Waals surface area contributed by atoms with E-state index in [0.717, 1.165) is 24.0 Å². The summed E-state index contributed by atoms with van der Waals surface area (Å²) in [6, 6.07) is 16.5. The number of rotatable bonds is 7. The first kappa shape index (κ1) is 21.9. The quantitative estimate of drug-likeness (QED) is 0.600. The Morgan fingerprint density at radius 2 is 1.81 bits per heavy atom. The summed E-state index contributed by atoms with van der Waals surface area (Å²) in [5.74, 6) is 0.709. The molecule has 2 amide bonds. The van der Waals surface area contributed by atoms with E-state index in [9.17, 15) is 9.59 Å². The van der Waals surface area contributed by atoms with Gasteiger partial charge in [0.15, 0.2) is 0 Å². The summed E-state index contributed by atoms with van der Waals surface area (Å²) in [7, 11) is 0. The van der Waals surface area contributed by atoms with Crippen molar-refractivity contribution in [2.45, 2.75) is 51.7 Å². The highest BCUT2D eigenvalue weighted by Gasteiger charge is 2.33. The Bertz CT molecular complexity index is 980. The zero-order valence-corrected chi connectivity index (χ0v) is 18.4. The Morgan fingerprint density at radius 3 is 2.59 bits per heavy atom. The second-order valence-electron chi connectivity index (χ2n) is 8.52. The number of nitrogens with one attached hydrogen (secondary N) is 2. The van der Waals surface area contributed by atoms with Crippen molar-refractivity contribution in [3.8, 4) is 5.75 Å². The Hall–Kier alpha value is -3.28. The average Bonchev–Trinajstić information content (AvgIpc) is 2.82. The third-order valence-electron chi connectivity index (χ3n) is 6.10. The first-order valence-corrected chi connectivity index (χ1v) is 11.3. The SMILES string of the molecule is CC1=C(C(=O)OCC2CCCCC2)[C@@H](c2cccc(OCc3ccccc3)c2)NC(=O)N1. The predicted octanol–water partition coefficient (Wildman–Crippen LogP) is 5.02. The van der Waals surface area contributed by atoms with Gasteiger partial charge in [-0.3, -0.25) is 0 Å². The van der Waals surface area contributed by atoms with Gasteiger partial charge in [0.05, 0.1) is 18.2 Å². The molecule has 1 heterocycles. The van der Waals surface area contributed by atoms with Crippen LogP contribution in [-0.4, -0.2) is 18.6 Å².